The van der Waals surface area contributed by atoms with Gasteiger partial charge in [0.2, 0.25) is 0 Å². The predicted octanol–water partition coefficient (Wildman–Crippen LogP) is 6.26. The number of halogens is 3. The number of nitrogens with zero attached hydrogens (tertiary/aromatic N) is 2. The van der Waals surface area contributed by atoms with Crippen LogP contribution in [0.15, 0.2) is 94.1 Å². The van der Waals surface area contributed by atoms with Gasteiger partial charge in [0.05, 0.1) is 20.3 Å². The van der Waals surface area contributed by atoms with Crippen molar-refractivity contribution in [1.29, 1.82) is 5.26 Å². The van der Waals surface area contributed by atoms with Gasteiger partial charge in [0, 0.05) is 22.3 Å². The highest BCUT2D eigenvalue weighted by Crippen LogP contribution is 2.34. The molecule has 2 aromatic heterocycles. The molecule has 0 saturated carbocycles. The molecule has 0 spiro atoms. The molecule has 3 aromatic carbocycles. The van der Waals surface area contributed by atoms with E-state index in [9.17, 15) is 14.9 Å². The lowest BCUT2D eigenvalue weighted by Gasteiger charge is -2.06. The minimum atomic E-state index is -0.673. The van der Waals surface area contributed by atoms with E-state index in [2.05, 4.69) is 5.32 Å². The average molecular weight is 593 g/mol. The van der Waals surface area contributed by atoms with Crippen LogP contribution in [0.1, 0.15) is 5.76 Å². The number of benzene rings is 3. The summed E-state index contributed by atoms with van der Waals surface area (Å²) in [6, 6.07) is 25.9. The summed E-state index contributed by atoms with van der Waals surface area (Å²) in [5.41, 5.74) is 0.882. The standard InChI is InChI=1S/C29H16Cl3N3O3S/c30-17-6-4-7-18(14-17)34-27(36)22(16-33)29-35(19-8-2-1-3-9-19)28(37)25(39-29)15-20-12-13-24(38-20)21-10-5-11-23(31)26(21)32/h1-15H,(H,34,36)/b25-15+,29-22-. The van der Waals surface area contributed by atoms with Crippen molar-refractivity contribution in [3.8, 4) is 23.1 Å². The number of nitriles is 1. The number of hydrogen-bond donors (Lipinski definition) is 1. The number of rotatable bonds is 5. The van der Waals surface area contributed by atoms with E-state index in [1.54, 1.807) is 91.0 Å². The van der Waals surface area contributed by atoms with Crippen molar-refractivity contribution in [1.82, 2.24) is 4.57 Å². The van der Waals surface area contributed by atoms with Crippen LogP contribution < -0.4 is 20.1 Å². The van der Waals surface area contributed by atoms with Crippen LogP contribution in [0.4, 0.5) is 5.69 Å². The fourth-order valence-electron chi connectivity index (χ4n) is 3.82. The molecule has 10 heteroatoms. The van der Waals surface area contributed by atoms with Gasteiger partial charge in [0.15, 0.2) is 5.57 Å². The molecule has 0 unspecified atom stereocenters. The molecule has 192 valence electrons. The summed E-state index contributed by atoms with van der Waals surface area (Å²) >= 11 is 19.5. The number of carbonyl (C=O) groups is 1. The molecule has 0 fully saturated rings. The Kier molecular flexibility index (Phi) is 7.73. The van der Waals surface area contributed by atoms with Crippen molar-refractivity contribution in [2.75, 3.05) is 5.32 Å². The van der Waals surface area contributed by atoms with Crippen LogP contribution in [0.25, 0.3) is 28.7 Å². The SMILES string of the molecule is N#C/C(C(=O)Nc1cccc(Cl)c1)=c1/s/c(=C/c2ccc(-c3cccc(Cl)c3Cl)o2)c(=O)n1-c1ccccc1. The number of para-hydroxylation sites is 1. The Morgan fingerprint density at radius 3 is 2.49 bits per heavy atom. The van der Waals surface area contributed by atoms with Gasteiger partial charge in [0.1, 0.15) is 22.3 Å². The molecule has 39 heavy (non-hydrogen) atoms. The summed E-state index contributed by atoms with van der Waals surface area (Å²) in [5, 5.41) is 13.8. The summed E-state index contributed by atoms with van der Waals surface area (Å²) in [5.74, 6) is 0.181. The lowest BCUT2D eigenvalue weighted by atomic mass is 10.2. The van der Waals surface area contributed by atoms with Gasteiger partial charge in [-0.2, -0.15) is 5.26 Å². The van der Waals surface area contributed by atoms with Gasteiger partial charge in [-0.25, -0.2) is 0 Å². The van der Waals surface area contributed by atoms with Crippen LogP contribution >= 0.6 is 46.1 Å². The molecule has 0 bridgehead atoms. The normalized spacial score (nSPS) is 12.2. The highest BCUT2D eigenvalue weighted by atomic mass is 35.5. The van der Waals surface area contributed by atoms with Gasteiger partial charge in [-0.15, -0.1) is 11.3 Å². The second-order valence-electron chi connectivity index (χ2n) is 8.15. The van der Waals surface area contributed by atoms with Crippen LogP contribution in [0.2, 0.25) is 15.1 Å². The molecule has 1 N–H and O–H groups in total. The molecule has 1 amide bonds. The molecule has 0 aliphatic rings. The monoisotopic (exact) mass is 591 g/mol. The first-order chi connectivity index (χ1) is 18.9. The highest BCUT2D eigenvalue weighted by Gasteiger charge is 2.18. The Bertz CT molecular complexity index is 1940. The minimum absolute atomic E-state index is 0.171. The Balaban J connectivity index is 1.66. The third kappa shape index (κ3) is 5.56. The number of anilines is 1. The van der Waals surface area contributed by atoms with Crippen LogP contribution in [-0.4, -0.2) is 10.5 Å². The van der Waals surface area contributed by atoms with Crippen LogP contribution in [0.5, 0.6) is 0 Å². The fraction of sp³-hybridized carbons (Fsp3) is 0. The molecule has 6 nitrogen and oxygen atoms in total. The third-order valence-corrected chi connectivity index (χ3v) is 7.74. The van der Waals surface area contributed by atoms with Gasteiger partial charge >= 0.3 is 0 Å². The lowest BCUT2D eigenvalue weighted by Crippen LogP contribution is -2.32. The third-order valence-electron chi connectivity index (χ3n) is 5.59. The summed E-state index contributed by atoms with van der Waals surface area (Å²) < 4.78 is 7.71. The summed E-state index contributed by atoms with van der Waals surface area (Å²) in [7, 11) is 0. The van der Waals surface area contributed by atoms with Crippen molar-refractivity contribution in [3.63, 3.8) is 0 Å². The van der Waals surface area contributed by atoms with Gasteiger partial charge in [-0.1, -0.05) is 65.1 Å². The zero-order valence-corrected chi connectivity index (χ0v) is 22.9. The largest absolute Gasteiger partial charge is 0.457 e. The van der Waals surface area contributed by atoms with E-state index in [0.29, 0.717) is 43.5 Å². The van der Waals surface area contributed by atoms with Crippen molar-refractivity contribution in [2.24, 2.45) is 0 Å². The predicted molar refractivity (Wildman–Crippen MR) is 156 cm³/mol. The zero-order valence-electron chi connectivity index (χ0n) is 19.8. The number of amides is 1. The highest BCUT2D eigenvalue weighted by molar-refractivity contribution is 7.07. The maximum absolute atomic E-state index is 13.6. The molecule has 0 aliphatic carbocycles. The first kappa shape index (κ1) is 26.5. The maximum Gasteiger partial charge on any atom is 0.273 e. The van der Waals surface area contributed by atoms with E-state index >= 15 is 0 Å². The summed E-state index contributed by atoms with van der Waals surface area (Å²) in [4.78, 5) is 26.8. The Labute approximate surface area is 241 Å². The molecule has 0 saturated heterocycles. The van der Waals surface area contributed by atoms with E-state index in [1.165, 1.54) is 4.57 Å². The lowest BCUT2D eigenvalue weighted by molar-refractivity contribution is -0.111. The average Bonchev–Trinajstić information content (AvgIpc) is 3.51. The van der Waals surface area contributed by atoms with E-state index in [0.717, 1.165) is 11.3 Å². The van der Waals surface area contributed by atoms with Gasteiger partial charge in [-0.3, -0.25) is 14.2 Å². The number of hydrogen-bond acceptors (Lipinski definition) is 5. The first-order valence-corrected chi connectivity index (χ1v) is 13.4. The Morgan fingerprint density at radius 1 is 0.974 bits per heavy atom. The number of nitrogens with one attached hydrogen (secondary N) is 1. The molecular formula is C29H16Cl3N3O3S. The fourth-order valence-corrected chi connectivity index (χ4v) is 5.48. The molecule has 5 aromatic rings. The Morgan fingerprint density at radius 2 is 1.74 bits per heavy atom. The van der Waals surface area contributed by atoms with Crippen LogP contribution in [0, 0.1) is 11.3 Å². The Hall–Kier alpha value is -4.06. The van der Waals surface area contributed by atoms with E-state index in [4.69, 9.17) is 39.2 Å². The van der Waals surface area contributed by atoms with Crippen LogP contribution in [0.3, 0.4) is 0 Å². The van der Waals surface area contributed by atoms with E-state index in [1.807, 2.05) is 6.07 Å². The minimum Gasteiger partial charge on any atom is -0.457 e. The zero-order chi connectivity index (χ0) is 27.5. The van der Waals surface area contributed by atoms with Crippen molar-refractivity contribution in [2.45, 2.75) is 0 Å². The van der Waals surface area contributed by atoms with Crippen LogP contribution in [-0.2, 0) is 4.79 Å². The van der Waals surface area contributed by atoms with Gasteiger partial charge in [0.25, 0.3) is 11.5 Å². The number of furan rings is 1. The smallest absolute Gasteiger partial charge is 0.273 e. The maximum atomic E-state index is 13.6. The van der Waals surface area contributed by atoms with Crippen molar-refractivity contribution in [3.05, 3.63) is 125 Å². The second-order valence-corrected chi connectivity index (χ2v) is 10.4. The van der Waals surface area contributed by atoms with Gasteiger partial charge < -0.3 is 9.73 Å². The first-order valence-electron chi connectivity index (χ1n) is 11.4. The molecular weight excluding hydrogens is 577 g/mol. The number of aromatic nitrogens is 1. The summed E-state index contributed by atoms with van der Waals surface area (Å²) in [6.07, 6.45) is 1.56. The van der Waals surface area contributed by atoms with Gasteiger partial charge in [-0.05, 0) is 54.6 Å². The molecule has 0 aliphatic heterocycles. The quantitative estimate of drug-likeness (QED) is 0.261. The second kappa shape index (κ2) is 11.4. The topological polar surface area (TPSA) is 88.0 Å². The molecule has 5 rings (SSSR count). The number of carbonyl (C=O) groups excluding carboxylic acids is 1. The van der Waals surface area contributed by atoms with Crippen molar-refractivity contribution >= 4 is 69.4 Å². The molecule has 0 radical (unpaired) electrons. The number of thiazole rings is 1. The summed E-state index contributed by atoms with van der Waals surface area (Å²) in [6.45, 7) is 0. The molecule has 0 atom stereocenters. The molecule has 2 heterocycles. The van der Waals surface area contributed by atoms with E-state index < -0.39 is 11.5 Å². The van der Waals surface area contributed by atoms with Crippen molar-refractivity contribution < 1.29 is 9.21 Å². The van der Waals surface area contributed by atoms with E-state index in [-0.39, 0.29) is 14.8 Å².